The molecule has 5 heteroatoms. The fourth-order valence-electron chi connectivity index (χ4n) is 0.966. The third-order valence-corrected chi connectivity index (χ3v) is 1.45. The van der Waals surface area contributed by atoms with Crippen molar-refractivity contribution in [2.24, 2.45) is 0 Å². The van der Waals surface area contributed by atoms with Gasteiger partial charge < -0.3 is 0 Å². The summed E-state index contributed by atoms with van der Waals surface area (Å²) >= 11 is 0. The molecular weight excluding hydrogens is 171 g/mol. The molecule has 2 aromatic heterocycles. The number of tetrazole rings is 1. The predicted octanol–water partition coefficient (Wildman–Crippen LogP) is 1.60. The molecule has 0 radical (unpaired) electrons. The second-order valence-electron chi connectivity index (χ2n) is 2.29. The maximum atomic E-state index is 12.7. The van der Waals surface area contributed by atoms with Gasteiger partial charge in [0, 0.05) is 0 Å². The van der Waals surface area contributed by atoms with Crippen molar-refractivity contribution in [3.05, 3.63) is 23.6 Å². The molecule has 0 saturated carbocycles. The summed E-state index contributed by atoms with van der Waals surface area (Å²) in [7, 11) is 0. The summed E-state index contributed by atoms with van der Waals surface area (Å²) in [5.74, 6) is -0.331. The Morgan fingerprint density at radius 2 is 2.08 bits per heavy atom. The van der Waals surface area contributed by atoms with Gasteiger partial charge in [-0.05, 0) is 29.0 Å². The number of rotatable bonds is 0. The van der Waals surface area contributed by atoms with Gasteiger partial charge in [-0.2, -0.15) is 4.52 Å². The van der Waals surface area contributed by atoms with Crippen LogP contribution in [0.1, 0.15) is 19.4 Å². The topological polar surface area (TPSA) is 43.1 Å². The van der Waals surface area contributed by atoms with Gasteiger partial charge in [0.15, 0.2) is 5.65 Å². The summed E-state index contributed by atoms with van der Waals surface area (Å²) in [6.45, 7) is 5.76. The van der Waals surface area contributed by atoms with E-state index in [4.69, 9.17) is 0 Å². The third kappa shape index (κ3) is 1.80. The highest BCUT2D eigenvalue weighted by Gasteiger charge is 2.01. The molecule has 0 aliphatic carbocycles. The standard InChI is InChI=1S/C6H5FN4.C2H6/c1-4-2-5(7)3-11-6(4)8-9-10-11;1-2/h2-3H,1H3;1-2H3. The molecule has 0 atom stereocenters. The highest BCUT2D eigenvalue weighted by atomic mass is 19.1. The monoisotopic (exact) mass is 182 g/mol. The molecule has 0 amide bonds. The van der Waals surface area contributed by atoms with E-state index in [1.807, 2.05) is 13.8 Å². The average Bonchev–Trinajstić information content (AvgIpc) is 2.55. The van der Waals surface area contributed by atoms with E-state index in [2.05, 4.69) is 15.5 Å². The van der Waals surface area contributed by atoms with Crippen molar-refractivity contribution in [1.82, 2.24) is 20.0 Å². The summed E-state index contributed by atoms with van der Waals surface area (Å²) in [6, 6.07) is 1.39. The number of aromatic nitrogens is 4. The first kappa shape index (κ1) is 9.57. The highest BCUT2D eigenvalue weighted by Crippen LogP contribution is 2.06. The van der Waals surface area contributed by atoms with Crippen LogP contribution in [-0.4, -0.2) is 20.0 Å². The third-order valence-electron chi connectivity index (χ3n) is 1.45. The molecule has 0 saturated heterocycles. The lowest BCUT2D eigenvalue weighted by molar-refractivity contribution is 0.611. The Morgan fingerprint density at radius 3 is 2.77 bits per heavy atom. The van der Waals surface area contributed by atoms with E-state index in [0.29, 0.717) is 5.65 Å². The molecule has 0 N–H and O–H groups in total. The zero-order valence-corrected chi connectivity index (χ0v) is 7.82. The second-order valence-corrected chi connectivity index (χ2v) is 2.29. The van der Waals surface area contributed by atoms with Crippen molar-refractivity contribution < 1.29 is 4.39 Å². The van der Waals surface area contributed by atoms with Gasteiger partial charge in [-0.3, -0.25) is 0 Å². The maximum Gasteiger partial charge on any atom is 0.182 e. The Labute approximate surface area is 75.4 Å². The molecule has 2 rings (SSSR count). The summed E-state index contributed by atoms with van der Waals surface area (Å²) in [5, 5.41) is 10.6. The highest BCUT2D eigenvalue weighted by molar-refractivity contribution is 5.43. The van der Waals surface area contributed by atoms with Crippen molar-refractivity contribution in [1.29, 1.82) is 0 Å². The predicted molar refractivity (Wildman–Crippen MR) is 46.8 cm³/mol. The summed E-state index contributed by atoms with van der Waals surface area (Å²) in [4.78, 5) is 0. The zero-order chi connectivity index (χ0) is 9.84. The number of hydrogen-bond acceptors (Lipinski definition) is 3. The van der Waals surface area contributed by atoms with Gasteiger partial charge in [0.1, 0.15) is 5.82 Å². The largest absolute Gasteiger partial charge is 0.205 e. The van der Waals surface area contributed by atoms with Gasteiger partial charge in [-0.25, -0.2) is 4.39 Å². The first-order valence-electron chi connectivity index (χ1n) is 4.11. The molecule has 0 aromatic carbocycles. The number of aryl methyl sites for hydroxylation is 1. The summed E-state index contributed by atoms with van der Waals surface area (Å²) in [6.07, 6.45) is 1.24. The van der Waals surface area contributed by atoms with Crippen molar-refractivity contribution in [3.8, 4) is 0 Å². The Morgan fingerprint density at radius 1 is 1.38 bits per heavy atom. The fraction of sp³-hybridized carbons (Fsp3) is 0.375. The molecule has 2 heterocycles. The number of halogens is 1. The van der Waals surface area contributed by atoms with Gasteiger partial charge >= 0.3 is 0 Å². The number of nitrogens with zero attached hydrogens (tertiary/aromatic N) is 4. The van der Waals surface area contributed by atoms with Crippen LogP contribution in [0.15, 0.2) is 12.3 Å². The van der Waals surface area contributed by atoms with E-state index < -0.39 is 0 Å². The van der Waals surface area contributed by atoms with Crippen LogP contribution in [0.3, 0.4) is 0 Å². The van der Waals surface area contributed by atoms with Crippen LogP contribution in [0.5, 0.6) is 0 Å². The van der Waals surface area contributed by atoms with Gasteiger partial charge in [0.05, 0.1) is 6.20 Å². The second kappa shape index (κ2) is 3.93. The number of pyridine rings is 1. The summed E-state index contributed by atoms with van der Waals surface area (Å²) in [5.41, 5.74) is 1.32. The summed E-state index contributed by atoms with van der Waals surface area (Å²) < 4.78 is 14.0. The van der Waals surface area contributed by atoms with Gasteiger partial charge in [0.2, 0.25) is 0 Å². The first-order valence-corrected chi connectivity index (χ1v) is 4.11. The fourth-order valence-corrected chi connectivity index (χ4v) is 0.966. The van der Waals surface area contributed by atoms with Crippen molar-refractivity contribution in [2.45, 2.75) is 20.8 Å². The lowest BCUT2D eigenvalue weighted by Crippen LogP contribution is -1.91. The Hall–Kier alpha value is -1.52. The Bertz CT molecular complexity index is 396. The van der Waals surface area contributed by atoms with E-state index >= 15 is 0 Å². The van der Waals surface area contributed by atoms with Crippen LogP contribution in [0.4, 0.5) is 4.39 Å². The molecule has 0 bridgehead atoms. The lowest BCUT2D eigenvalue weighted by atomic mass is 10.3. The van der Waals surface area contributed by atoms with Crippen LogP contribution < -0.4 is 0 Å². The quantitative estimate of drug-likeness (QED) is 0.621. The zero-order valence-electron chi connectivity index (χ0n) is 7.82. The van der Waals surface area contributed by atoms with Gasteiger partial charge in [-0.1, -0.05) is 13.8 Å². The van der Waals surface area contributed by atoms with Crippen LogP contribution in [0.25, 0.3) is 5.65 Å². The van der Waals surface area contributed by atoms with Gasteiger partial charge in [-0.15, -0.1) is 5.10 Å². The van der Waals surface area contributed by atoms with Crippen molar-refractivity contribution in [3.63, 3.8) is 0 Å². The maximum absolute atomic E-state index is 12.7. The van der Waals surface area contributed by atoms with Crippen LogP contribution in [-0.2, 0) is 0 Å². The molecule has 0 unspecified atom stereocenters. The van der Waals surface area contributed by atoms with Crippen molar-refractivity contribution >= 4 is 5.65 Å². The molecular formula is C8H11FN4. The minimum absolute atomic E-state index is 0.331. The Kier molecular flexibility index (Phi) is 2.89. The molecule has 4 nitrogen and oxygen atoms in total. The minimum atomic E-state index is -0.331. The smallest absolute Gasteiger partial charge is 0.182 e. The van der Waals surface area contributed by atoms with E-state index in [9.17, 15) is 4.39 Å². The molecule has 0 aliphatic heterocycles. The van der Waals surface area contributed by atoms with E-state index in [-0.39, 0.29) is 5.82 Å². The first-order chi connectivity index (χ1) is 6.27. The normalized spacial score (nSPS) is 9.54. The Balaban J connectivity index is 0.000000396. The van der Waals surface area contributed by atoms with Crippen LogP contribution in [0.2, 0.25) is 0 Å². The molecule has 0 aliphatic rings. The van der Waals surface area contributed by atoms with Crippen LogP contribution in [0, 0.1) is 12.7 Å². The van der Waals surface area contributed by atoms with E-state index in [1.165, 1.54) is 16.8 Å². The molecule has 0 fully saturated rings. The van der Waals surface area contributed by atoms with Crippen LogP contribution >= 0.6 is 0 Å². The SMILES string of the molecule is CC.Cc1cc(F)cn2nnnc12. The number of fused-ring (bicyclic) bond motifs is 1. The number of hydrogen-bond donors (Lipinski definition) is 0. The molecule has 2 aromatic rings. The van der Waals surface area contributed by atoms with E-state index in [0.717, 1.165) is 5.56 Å². The van der Waals surface area contributed by atoms with E-state index in [1.54, 1.807) is 6.92 Å². The van der Waals surface area contributed by atoms with Gasteiger partial charge in [0.25, 0.3) is 0 Å². The molecule has 70 valence electrons. The molecule has 13 heavy (non-hydrogen) atoms. The average molecular weight is 182 g/mol. The lowest BCUT2D eigenvalue weighted by Gasteiger charge is -1.93. The van der Waals surface area contributed by atoms with Crippen molar-refractivity contribution in [2.75, 3.05) is 0 Å². The minimum Gasteiger partial charge on any atom is -0.205 e. The molecule has 0 spiro atoms.